The van der Waals surface area contributed by atoms with Crippen LogP contribution < -0.4 is 0 Å². The molecule has 84 valence electrons. The number of aldehydes is 1. The van der Waals surface area contributed by atoms with Crippen LogP contribution in [0.1, 0.15) is 25.2 Å². The van der Waals surface area contributed by atoms with Gasteiger partial charge in [-0.15, -0.1) is 0 Å². The van der Waals surface area contributed by atoms with Crippen LogP contribution in [0.2, 0.25) is 0 Å². The normalized spacial score (nSPS) is 10.5. The molecule has 0 atom stereocenters. The molecule has 0 aliphatic heterocycles. The standard InChI is InChI=1S/C12H13NO2S/c14-6-3-1-2-4-12-13-11(8-15-12)10-5-7-16-9-10/h5-9H,1-4H2. The number of oxazole rings is 1. The van der Waals surface area contributed by atoms with Crippen LogP contribution in [0.4, 0.5) is 0 Å². The fourth-order valence-electron chi connectivity index (χ4n) is 1.47. The SMILES string of the molecule is O=CCCCCc1nc(-c2ccsc2)co1. The lowest BCUT2D eigenvalue weighted by molar-refractivity contribution is -0.107. The molecule has 0 unspecified atom stereocenters. The van der Waals surface area contributed by atoms with Crippen LogP contribution in [0.3, 0.4) is 0 Å². The second-order valence-electron chi connectivity index (χ2n) is 3.55. The van der Waals surface area contributed by atoms with Crippen molar-refractivity contribution in [1.82, 2.24) is 4.98 Å². The van der Waals surface area contributed by atoms with Gasteiger partial charge in [-0.1, -0.05) is 0 Å². The summed E-state index contributed by atoms with van der Waals surface area (Å²) in [4.78, 5) is 14.5. The molecule has 0 spiro atoms. The molecule has 0 amide bonds. The maximum Gasteiger partial charge on any atom is 0.194 e. The van der Waals surface area contributed by atoms with Crippen molar-refractivity contribution in [2.75, 3.05) is 0 Å². The molecule has 0 saturated heterocycles. The Balaban J connectivity index is 1.90. The van der Waals surface area contributed by atoms with E-state index in [1.54, 1.807) is 17.6 Å². The predicted molar refractivity (Wildman–Crippen MR) is 63.4 cm³/mol. The molecule has 0 aromatic carbocycles. The van der Waals surface area contributed by atoms with Gasteiger partial charge in [-0.05, 0) is 24.3 Å². The number of aromatic nitrogens is 1. The largest absolute Gasteiger partial charge is 0.448 e. The van der Waals surface area contributed by atoms with Crippen molar-refractivity contribution in [3.05, 3.63) is 29.0 Å². The predicted octanol–water partition coefficient (Wildman–Crippen LogP) is 3.31. The molecule has 2 aromatic rings. The molecular formula is C12H13NO2S. The van der Waals surface area contributed by atoms with Crippen LogP contribution in [-0.2, 0) is 11.2 Å². The Morgan fingerprint density at radius 1 is 1.44 bits per heavy atom. The van der Waals surface area contributed by atoms with Gasteiger partial charge in [0, 0.05) is 23.8 Å². The number of aryl methyl sites for hydroxylation is 1. The van der Waals surface area contributed by atoms with E-state index in [9.17, 15) is 4.79 Å². The van der Waals surface area contributed by atoms with Gasteiger partial charge in [0.2, 0.25) is 0 Å². The zero-order valence-corrected chi connectivity index (χ0v) is 9.70. The lowest BCUT2D eigenvalue weighted by Crippen LogP contribution is -1.86. The summed E-state index contributed by atoms with van der Waals surface area (Å²) in [5.74, 6) is 0.757. The number of rotatable bonds is 6. The quantitative estimate of drug-likeness (QED) is 0.570. The Morgan fingerprint density at radius 3 is 3.12 bits per heavy atom. The molecular weight excluding hydrogens is 222 g/mol. The second kappa shape index (κ2) is 5.61. The third kappa shape index (κ3) is 2.79. The third-order valence-electron chi connectivity index (χ3n) is 2.33. The first kappa shape index (κ1) is 11.1. The minimum atomic E-state index is 0.623. The van der Waals surface area contributed by atoms with Gasteiger partial charge in [0.15, 0.2) is 5.89 Å². The first-order valence-electron chi connectivity index (χ1n) is 5.31. The van der Waals surface area contributed by atoms with Crippen molar-refractivity contribution in [3.63, 3.8) is 0 Å². The molecule has 0 aliphatic rings. The van der Waals surface area contributed by atoms with Gasteiger partial charge in [0.1, 0.15) is 18.2 Å². The average molecular weight is 235 g/mol. The zero-order chi connectivity index (χ0) is 11.2. The van der Waals surface area contributed by atoms with Crippen LogP contribution in [0.15, 0.2) is 27.5 Å². The Bertz CT molecular complexity index is 434. The van der Waals surface area contributed by atoms with Crippen molar-refractivity contribution >= 4 is 17.6 Å². The van der Waals surface area contributed by atoms with E-state index in [0.717, 1.165) is 42.7 Å². The van der Waals surface area contributed by atoms with Gasteiger partial charge < -0.3 is 9.21 Å². The number of hydrogen-bond donors (Lipinski definition) is 0. The smallest absolute Gasteiger partial charge is 0.194 e. The van der Waals surface area contributed by atoms with Gasteiger partial charge in [0.25, 0.3) is 0 Å². The van der Waals surface area contributed by atoms with E-state index in [-0.39, 0.29) is 0 Å². The van der Waals surface area contributed by atoms with E-state index in [1.807, 2.05) is 16.8 Å². The average Bonchev–Trinajstić information content (AvgIpc) is 2.94. The van der Waals surface area contributed by atoms with Crippen molar-refractivity contribution in [2.45, 2.75) is 25.7 Å². The zero-order valence-electron chi connectivity index (χ0n) is 8.89. The Kier molecular flexibility index (Phi) is 3.88. The molecule has 0 saturated carbocycles. The lowest BCUT2D eigenvalue weighted by atomic mass is 10.2. The number of thiophene rings is 1. The van der Waals surface area contributed by atoms with E-state index < -0.39 is 0 Å². The highest BCUT2D eigenvalue weighted by Crippen LogP contribution is 2.21. The molecule has 4 heteroatoms. The molecule has 0 fully saturated rings. The fraction of sp³-hybridized carbons (Fsp3) is 0.333. The minimum Gasteiger partial charge on any atom is -0.448 e. The van der Waals surface area contributed by atoms with Crippen molar-refractivity contribution < 1.29 is 9.21 Å². The van der Waals surface area contributed by atoms with Crippen molar-refractivity contribution in [3.8, 4) is 11.3 Å². The molecule has 0 N–H and O–H groups in total. The summed E-state index contributed by atoms with van der Waals surface area (Å²) in [7, 11) is 0. The Hall–Kier alpha value is -1.42. The molecule has 3 nitrogen and oxygen atoms in total. The van der Waals surface area contributed by atoms with Crippen LogP contribution in [0.25, 0.3) is 11.3 Å². The van der Waals surface area contributed by atoms with E-state index in [0.29, 0.717) is 6.42 Å². The maximum atomic E-state index is 10.1. The summed E-state index contributed by atoms with van der Waals surface area (Å²) < 4.78 is 5.37. The summed E-state index contributed by atoms with van der Waals surface area (Å²) in [6.45, 7) is 0. The second-order valence-corrected chi connectivity index (χ2v) is 4.33. The minimum absolute atomic E-state index is 0.623. The first-order chi connectivity index (χ1) is 7.90. The Labute approximate surface area is 98.1 Å². The lowest BCUT2D eigenvalue weighted by Gasteiger charge is -1.92. The van der Waals surface area contributed by atoms with Gasteiger partial charge in [-0.25, -0.2) is 4.98 Å². The highest BCUT2D eigenvalue weighted by atomic mass is 32.1. The maximum absolute atomic E-state index is 10.1. The molecule has 0 radical (unpaired) electrons. The summed E-state index contributed by atoms with van der Waals surface area (Å²) in [6, 6.07) is 2.03. The first-order valence-corrected chi connectivity index (χ1v) is 6.25. The summed E-state index contributed by atoms with van der Waals surface area (Å²) in [5.41, 5.74) is 2.00. The molecule has 0 aliphatic carbocycles. The number of carbonyl (C=O) groups excluding carboxylic acids is 1. The number of carbonyl (C=O) groups is 1. The van der Waals surface area contributed by atoms with Crippen molar-refractivity contribution in [2.24, 2.45) is 0 Å². The van der Waals surface area contributed by atoms with E-state index in [2.05, 4.69) is 4.98 Å². The van der Waals surface area contributed by atoms with Crippen molar-refractivity contribution in [1.29, 1.82) is 0 Å². The van der Waals surface area contributed by atoms with Crippen LogP contribution >= 0.6 is 11.3 Å². The molecule has 2 heterocycles. The highest BCUT2D eigenvalue weighted by molar-refractivity contribution is 7.08. The van der Waals surface area contributed by atoms with Gasteiger partial charge in [-0.3, -0.25) is 0 Å². The fourth-order valence-corrected chi connectivity index (χ4v) is 2.12. The molecule has 2 aromatic heterocycles. The van der Waals surface area contributed by atoms with Gasteiger partial charge >= 0.3 is 0 Å². The number of hydrogen-bond acceptors (Lipinski definition) is 4. The summed E-state index contributed by atoms with van der Waals surface area (Å²) in [5, 5.41) is 4.07. The summed E-state index contributed by atoms with van der Waals surface area (Å²) >= 11 is 1.65. The summed E-state index contributed by atoms with van der Waals surface area (Å²) in [6.07, 6.45) is 5.92. The van der Waals surface area contributed by atoms with Gasteiger partial charge in [-0.2, -0.15) is 11.3 Å². The molecule has 16 heavy (non-hydrogen) atoms. The number of unbranched alkanes of at least 4 members (excludes halogenated alkanes) is 2. The van der Waals surface area contributed by atoms with Crippen LogP contribution in [0, 0.1) is 0 Å². The Morgan fingerprint density at radius 2 is 2.38 bits per heavy atom. The topological polar surface area (TPSA) is 43.1 Å². The monoisotopic (exact) mass is 235 g/mol. The van der Waals surface area contributed by atoms with E-state index in [4.69, 9.17) is 4.42 Å². The molecule has 0 bridgehead atoms. The molecule has 2 rings (SSSR count). The van der Waals surface area contributed by atoms with Crippen LogP contribution in [0.5, 0.6) is 0 Å². The third-order valence-corrected chi connectivity index (χ3v) is 3.01. The number of nitrogens with zero attached hydrogens (tertiary/aromatic N) is 1. The van der Waals surface area contributed by atoms with E-state index >= 15 is 0 Å². The van der Waals surface area contributed by atoms with Gasteiger partial charge in [0.05, 0.1) is 0 Å². The van der Waals surface area contributed by atoms with Crippen LogP contribution in [-0.4, -0.2) is 11.3 Å². The van der Waals surface area contributed by atoms with E-state index in [1.165, 1.54) is 0 Å². The highest BCUT2D eigenvalue weighted by Gasteiger charge is 2.05.